The van der Waals surface area contributed by atoms with Gasteiger partial charge in [0.1, 0.15) is 0 Å². The molecule has 1 heterocycles. The summed E-state index contributed by atoms with van der Waals surface area (Å²) in [7, 11) is 0. The van der Waals surface area contributed by atoms with Crippen LogP contribution in [0.1, 0.15) is 5.56 Å². The summed E-state index contributed by atoms with van der Waals surface area (Å²) in [6.07, 6.45) is 2.76. The Morgan fingerprint density at radius 2 is 1.75 bits per heavy atom. The van der Waals surface area contributed by atoms with Crippen molar-refractivity contribution in [1.29, 1.82) is 0 Å². The number of hydrogen-bond acceptors (Lipinski definition) is 1. The van der Waals surface area contributed by atoms with Crippen LogP contribution in [-0.4, -0.2) is 10.1 Å². The minimum Gasteiger partial charge on any atom is -0.516 e. The van der Waals surface area contributed by atoms with Gasteiger partial charge in [0.05, 0.1) is 11.8 Å². The molecule has 0 saturated heterocycles. The van der Waals surface area contributed by atoms with Crippen LogP contribution in [0, 0.1) is 0 Å². The molecule has 0 spiro atoms. The number of hydrogen-bond donors (Lipinski definition) is 2. The second kappa shape index (κ2) is 3.42. The summed E-state index contributed by atoms with van der Waals surface area (Å²) in [6.45, 7) is 0. The first-order valence-corrected chi connectivity index (χ1v) is 5.20. The third-order valence-electron chi connectivity index (χ3n) is 2.83. The van der Waals surface area contributed by atoms with Gasteiger partial charge in [-0.3, -0.25) is 0 Å². The van der Waals surface area contributed by atoms with Gasteiger partial charge in [0.15, 0.2) is 0 Å². The van der Waals surface area contributed by atoms with Crippen LogP contribution in [0.15, 0.2) is 48.7 Å². The molecule has 2 heteroatoms. The minimum absolute atomic E-state index is 0.996. The zero-order valence-corrected chi connectivity index (χ0v) is 8.64. The summed E-state index contributed by atoms with van der Waals surface area (Å²) in [4.78, 5) is 3.37. The van der Waals surface area contributed by atoms with Crippen molar-refractivity contribution < 1.29 is 5.11 Å². The average molecular weight is 209 g/mol. The second-order valence-corrected chi connectivity index (χ2v) is 3.76. The summed E-state index contributed by atoms with van der Waals surface area (Å²) >= 11 is 0. The number of aliphatic hydroxyl groups excluding tert-OH is 1. The molecular formula is C14H11NO. The van der Waals surface area contributed by atoms with E-state index in [4.69, 9.17) is 5.11 Å². The van der Waals surface area contributed by atoms with Crippen LogP contribution in [-0.2, 0) is 0 Å². The number of H-pyrrole nitrogens is 1. The molecule has 0 saturated carbocycles. The van der Waals surface area contributed by atoms with Crippen LogP contribution >= 0.6 is 0 Å². The van der Waals surface area contributed by atoms with Crippen molar-refractivity contribution in [1.82, 2.24) is 4.98 Å². The monoisotopic (exact) mass is 209 g/mol. The predicted molar refractivity (Wildman–Crippen MR) is 67.5 cm³/mol. The Balaban J connectivity index is 2.48. The summed E-state index contributed by atoms with van der Waals surface area (Å²) in [5.74, 6) is 0. The Labute approximate surface area is 92.8 Å². The van der Waals surface area contributed by atoms with Crippen molar-refractivity contribution in [2.75, 3.05) is 0 Å². The number of nitrogens with one attached hydrogen (secondary N) is 1. The number of para-hydroxylation sites is 2. The fourth-order valence-corrected chi connectivity index (χ4v) is 2.11. The molecule has 2 aromatic carbocycles. The van der Waals surface area contributed by atoms with Gasteiger partial charge in [-0.2, -0.15) is 0 Å². The van der Waals surface area contributed by atoms with Gasteiger partial charge < -0.3 is 10.1 Å². The van der Waals surface area contributed by atoms with Gasteiger partial charge in [-0.1, -0.05) is 36.4 Å². The molecule has 2 nitrogen and oxygen atoms in total. The zero-order valence-electron chi connectivity index (χ0n) is 8.64. The Morgan fingerprint density at radius 3 is 2.62 bits per heavy atom. The summed E-state index contributed by atoms with van der Waals surface area (Å²) in [5, 5.41) is 11.3. The van der Waals surface area contributed by atoms with Crippen LogP contribution in [0.2, 0.25) is 0 Å². The van der Waals surface area contributed by atoms with Gasteiger partial charge in [-0.05, 0) is 12.1 Å². The Morgan fingerprint density at radius 1 is 0.938 bits per heavy atom. The molecule has 0 unspecified atom stereocenters. The third kappa shape index (κ3) is 1.20. The molecule has 16 heavy (non-hydrogen) atoms. The Hall–Kier alpha value is -2.22. The largest absolute Gasteiger partial charge is 0.516 e. The Bertz CT molecular complexity index is 679. The zero-order chi connectivity index (χ0) is 11.0. The van der Waals surface area contributed by atoms with Crippen molar-refractivity contribution in [3.63, 3.8) is 0 Å². The van der Waals surface area contributed by atoms with E-state index < -0.39 is 0 Å². The van der Waals surface area contributed by atoms with Gasteiger partial charge in [0.25, 0.3) is 0 Å². The van der Waals surface area contributed by atoms with Gasteiger partial charge in [0, 0.05) is 21.9 Å². The molecule has 0 amide bonds. The quantitative estimate of drug-likeness (QED) is 0.587. The third-order valence-corrected chi connectivity index (χ3v) is 2.83. The number of fused-ring (bicyclic) bond motifs is 3. The maximum absolute atomic E-state index is 8.86. The SMILES string of the molecule is OC=Cc1cccc2c1[nH]c1ccccc12. The molecule has 2 N–H and O–H groups in total. The van der Waals surface area contributed by atoms with E-state index in [1.165, 1.54) is 10.8 Å². The number of aliphatic hydroxyl groups is 1. The molecule has 0 fully saturated rings. The lowest BCUT2D eigenvalue weighted by Gasteiger charge is -1.95. The molecule has 0 atom stereocenters. The lowest BCUT2D eigenvalue weighted by atomic mass is 10.1. The van der Waals surface area contributed by atoms with E-state index in [9.17, 15) is 0 Å². The van der Waals surface area contributed by atoms with Crippen molar-refractivity contribution in [2.24, 2.45) is 0 Å². The molecule has 3 rings (SSSR count). The molecule has 0 bridgehead atoms. The fraction of sp³-hybridized carbons (Fsp3) is 0. The van der Waals surface area contributed by atoms with Gasteiger partial charge in [0.2, 0.25) is 0 Å². The Kier molecular flexibility index (Phi) is 1.93. The molecule has 3 aromatic rings. The molecule has 0 radical (unpaired) electrons. The van der Waals surface area contributed by atoms with E-state index in [0.29, 0.717) is 0 Å². The van der Waals surface area contributed by atoms with E-state index in [1.54, 1.807) is 6.08 Å². The highest BCUT2D eigenvalue weighted by atomic mass is 16.2. The maximum atomic E-state index is 8.86. The van der Waals surface area contributed by atoms with Crippen molar-refractivity contribution in [2.45, 2.75) is 0 Å². The fourth-order valence-electron chi connectivity index (χ4n) is 2.11. The standard InChI is InChI=1S/C14H11NO/c16-9-8-10-4-3-6-12-11-5-1-2-7-13(11)15-14(10)12/h1-9,15-16H. The normalized spacial score (nSPS) is 11.8. The minimum atomic E-state index is 0.996. The van der Waals surface area contributed by atoms with E-state index in [0.717, 1.165) is 22.9 Å². The van der Waals surface area contributed by atoms with Crippen LogP contribution in [0.3, 0.4) is 0 Å². The summed E-state index contributed by atoms with van der Waals surface area (Å²) < 4.78 is 0. The smallest absolute Gasteiger partial charge is 0.0798 e. The molecule has 0 aliphatic heterocycles. The molecule has 0 aliphatic carbocycles. The van der Waals surface area contributed by atoms with Crippen molar-refractivity contribution in [3.8, 4) is 0 Å². The maximum Gasteiger partial charge on any atom is 0.0798 e. The number of aromatic nitrogens is 1. The van der Waals surface area contributed by atoms with Crippen LogP contribution in [0.4, 0.5) is 0 Å². The predicted octanol–water partition coefficient (Wildman–Crippen LogP) is 3.85. The summed E-state index contributed by atoms with van der Waals surface area (Å²) in [5.41, 5.74) is 3.18. The second-order valence-electron chi connectivity index (χ2n) is 3.76. The van der Waals surface area contributed by atoms with E-state index in [2.05, 4.69) is 23.2 Å². The first-order chi connectivity index (χ1) is 7.90. The number of benzene rings is 2. The van der Waals surface area contributed by atoms with Crippen LogP contribution in [0.25, 0.3) is 27.9 Å². The highest BCUT2D eigenvalue weighted by Crippen LogP contribution is 2.27. The topological polar surface area (TPSA) is 36.0 Å². The highest BCUT2D eigenvalue weighted by molar-refractivity contribution is 6.09. The summed E-state index contributed by atoms with van der Waals surface area (Å²) in [6, 6.07) is 14.3. The van der Waals surface area contributed by atoms with Gasteiger partial charge in [-0.15, -0.1) is 0 Å². The molecule has 1 aromatic heterocycles. The first kappa shape index (κ1) is 9.04. The van der Waals surface area contributed by atoms with E-state index in [1.807, 2.05) is 24.3 Å². The van der Waals surface area contributed by atoms with Gasteiger partial charge >= 0.3 is 0 Å². The van der Waals surface area contributed by atoms with Crippen molar-refractivity contribution in [3.05, 3.63) is 54.3 Å². The number of aromatic amines is 1. The molecule has 78 valence electrons. The van der Waals surface area contributed by atoms with Gasteiger partial charge in [-0.25, -0.2) is 0 Å². The number of rotatable bonds is 1. The van der Waals surface area contributed by atoms with E-state index in [-0.39, 0.29) is 0 Å². The van der Waals surface area contributed by atoms with Crippen molar-refractivity contribution >= 4 is 27.9 Å². The highest BCUT2D eigenvalue weighted by Gasteiger charge is 2.05. The first-order valence-electron chi connectivity index (χ1n) is 5.20. The van der Waals surface area contributed by atoms with E-state index >= 15 is 0 Å². The molecular weight excluding hydrogens is 198 g/mol. The molecule has 0 aliphatic rings. The average Bonchev–Trinajstić information content (AvgIpc) is 2.69. The lowest BCUT2D eigenvalue weighted by molar-refractivity contribution is 0.478. The lowest BCUT2D eigenvalue weighted by Crippen LogP contribution is -1.75. The van der Waals surface area contributed by atoms with Crippen LogP contribution < -0.4 is 0 Å². The van der Waals surface area contributed by atoms with Crippen LogP contribution in [0.5, 0.6) is 0 Å².